The van der Waals surface area contributed by atoms with Crippen LogP contribution in [0.15, 0.2) is 18.2 Å². The largest absolute Gasteiger partial charge is 0.497 e. The first kappa shape index (κ1) is 16.9. The minimum atomic E-state index is 0.355. The Hall–Kier alpha value is -0.890. The summed E-state index contributed by atoms with van der Waals surface area (Å²) in [6.45, 7) is 2.40. The molecule has 1 saturated carbocycles. The molecule has 0 radical (unpaired) electrons. The zero-order chi connectivity index (χ0) is 16.6. The van der Waals surface area contributed by atoms with E-state index in [1.807, 2.05) is 0 Å². The van der Waals surface area contributed by atoms with E-state index in [1.165, 1.54) is 38.5 Å². The van der Waals surface area contributed by atoms with Gasteiger partial charge in [-0.15, -0.1) is 0 Å². The molecule has 0 amide bonds. The molecule has 1 fully saturated rings. The molecule has 1 aromatic carbocycles. The summed E-state index contributed by atoms with van der Waals surface area (Å²) in [5.74, 6) is 2.42. The highest BCUT2D eigenvalue weighted by Crippen LogP contribution is 2.53. The number of rotatable bonds is 4. The summed E-state index contributed by atoms with van der Waals surface area (Å²) in [4.78, 5) is 2.63. The third-order valence-corrected chi connectivity index (χ3v) is 6.81. The number of fused-ring (bicyclic) bond motifs is 3. The third-order valence-electron chi connectivity index (χ3n) is 6.81. The smallest absolute Gasteiger partial charge is 0.119 e. The van der Waals surface area contributed by atoms with Gasteiger partial charge in [-0.25, -0.2) is 0 Å². The van der Waals surface area contributed by atoms with Crippen LogP contribution in [0.25, 0.3) is 0 Å². The molecule has 0 saturated heterocycles. The number of benzene rings is 1. The van der Waals surface area contributed by atoms with Crippen molar-refractivity contribution in [1.82, 2.24) is 4.90 Å². The van der Waals surface area contributed by atoms with Gasteiger partial charge in [0.15, 0.2) is 0 Å². The Balaban J connectivity index is 2.11. The summed E-state index contributed by atoms with van der Waals surface area (Å²) in [6, 6.07) is 7.51. The van der Waals surface area contributed by atoms with Crippen molar-refractivity contribution in [2.75, 3.05) is 14.2 Å². The van der Waals surface area contributed by atoms with Crippen LogP contribution in [-0.4, -0.2) is 46.6 Å². The standard InChI is InChI=1S/C19H31B2NO/c1-4-19-10-6-5-7-15(19)17(22(2)18(20)21)11-13-8-9-14(23-3)12-16(13)19/h8-9,12,15,17-18H,4-7,10-11,20-21H2,1-3H3/t15?,17-,19+/m0/s1. The second kappa shape index (κ2) is 6.55. The van der Waals surface area contributed by atoms with E-state index in [9.17, 15) is 0 Å². The molecule has 2 aliphatic carbocycles. The van der Waals surface area contributed by atoms with Crippen LogP contribution in [0.5, 0.6) is 5.75 Å². The van der Waals surface area contributed by atoms with Gasteiger partial charge in [0.1, 0.15) is 21.4 Å². The fourth-order valence-corrected chi connectivity index (χ4v) is 5.29. The van der Waals surface area contributed by atoms with Crippen LogP contribution in [0.2, 0.25) is 0 Å². The Morgan fingerprint density at radius 2 is 2.13 bits per heavy atom. The first-order chi connectivity index (χ1) is 11.0. The van der Waals surface area contributed by atoms with Crippen LogP contribution in [0, 0.1) is 5.92 Å². The van der Waals surface area contributed by atoms with Gasteiger partial charge in [0.25, 0.3) is 0 Å². The maximum Gasteiger partial charge on any atom is 0.119 e. The Morgan fingerprint density at radius 1 is 1.35 bits per heavy atom. The van der Waals surface area contributed by atoms with Gasteiger partial charge in [0, 0.05) is 6.04 Å². The highest BCUT2D eigenvalue weighted by Gasteiger charge is 2.49. The van der Waals surface area contributed by atoms with Crippen molar-refractivity contribution in [2.45, 2.75) is 62.7 Å². The lowest BCUT2D eigenvalue weighted by atomic mass is 9.54. The van der Waals surface area contributed by atoms with Crippen molar-refractivity contribution in [3.63, 3.8) is 0 Å². The summed E-state index contributed by atoms with van der Waals surface area (Å²) < 4.78 is 5.55. The third kappa shape index (κ3) is 2.73. The van der Waals surface area contributed by atoms with Crippen molar-refractivity contribution in [1.29, 1.82) is 0 Å². The molecule has 0 aliphatic heterocycles. The molecule has 4 heteroatoms. The highest BCUT2D eigenvalue weighted by molar-refractivity contribution is 6.35. The van der Waals surface area contributed by atoms with Crippen LogP contribution in [0.1, 0.15) is 50.2 Å². The summed E-state index contributed by atoms with van der Waals surface area (Å²) >= 11 is 0. The molecule has 23 heavy (non-hydrogen) atoms. The van der Waals surface area contributed by atoms with E-state index in [2.05, 4.69) is 52.8 Å². The molecule has 1 aromatic rings. The molecule has 3 rings (SSSR count). The van der Waals surface area contributed by atoms with Crippen molar-refractivity contribution in [3.8, 4) is 5.75 Å². The molecule has 2 aliphatic rings. The van der Waals surface area contributed by atoms with Gasteiger partial charge in [0.2, 0.25) is 0 Å². The first-order valence-corrected chi connectivity index (χ1v) is 9.42. The molecule has 3 atom stereocenters. The van der Waals surface area contributed by atoms with Gasteiger partial charge >= 0.3 is 0 Å². The number of ether oxygens (including phenoxy) is 1. The van der Waals surface area contributed by atoms with Gasteiger partial charge in [-0.1, -0.05) is 25.8 Å². The fraction of sp³-hybridized carbons (Fsp3) is 0.684. The van der Waals surface area contributed by atoms with Gasteiger partial charge in [-0.05, 0) is 73.2 Å². The lowest BCUT2D eigenvalue weighted by molar-refractivity contribution is 0.0594. The molecular weight excluding hydrogens is 280 g/mol. The fourth-order valence-electron chi connectivity index (χ4n) is 5.29. The van der Waals surface area contributed by atoms with Crippen LogP contribution < -0.4 is 4.74 Å². The number of hydrogen-bond donors (Lipinski definition) is 0. The van der Waals surface area contributed by atoms with E-state index in [0.717, 1.165) is 11.7 Å². The molecule has 2 nitrogen and oxygen atoms in total. The Labute approximate surface area is 143 Å². The highest BCUT2D eigenvalue weighted by atomic mass is 16.5. The second-order valence-electron chi connectivity index (χ2n) is 7.92. The number of likely N-dealkylation sites (N-methyl/N-ethyl adjacent to an activating group) is 1. The van der Waals surface area contributed by atoms with Gasteiger partial charge in [-0.3, -0.25) is 0 Å². The Bertz CT molecular complexity index is 562. The molecule has 0 N–H and O–H groups in total. The van der Waals surface area contributed by atoms with E-state index in [4.69, 9.17) is 4.74 Å². The van der Waals surface area contributed by atoms with Crippen LogP contribution in [-0.2, 0) is 11.8 Å². The van der Waals surface area contributed by atoms with Gasteiger partial charge < -0.3 is 9.64 Å². The molecule has 0 spiro atoms. The van der Waals surface area contributed by atoms with Crippen molar-refractivity contribution < 1.29 is 4.74 Å². The zero-order valence-electron chi connectivity index (χ0n) is 15.6. The summed E-state index contributed by atoms with van der Waals surface area (Å²) in [5.41, 5.74) is 3.51. The molecule has 0 bridgehead atoms. The number of hydrogen-bond acceptors (Lipinski definition) is 2. The maximum atomic E-state index is 5.55. The van der Waals surface area contributed by atoms with Crippen molar-refractivity contribution in [3.05, 3.63) is 29.3 Å². The minimum absolute atomic E-state index is 0.355. The van der Waals surface area contributed by atoms with E-state index in [0.29, 0.717) is 17.3 Å². The quantitative estimate of drug-likeness (QED) is 0.788. The second-order valence-corrected chi connectivity index (χ2v) is 7.92. The maximum absolute atomic E-state index is 5.55. The molecule has 124 valence electrons. The van der Waals surface area contributed by atoms with E-state index in [-0.39, 0.29) is 0 Å². The average Bonchev–Trinajstić information content (AvgIpc) is 2.59. The van der Waals surface area contributed by atoms with Crippen LogP contribution >= 0.6 is 0 Å². The van der Waals surface area contributed by atoms with E-state index in [1.54, 1.807) is 18.2 Å². The Kier molecular flexibility index (Phi) is 4.82. The number of nitrogens with zero attached hydrogens (tertiary/aromatic N) is 1. The monoisotopic (exact) mass is 311 g/mol. The topological polar surface area (TPSA) is 12.5 Å². The SMILES string of the molecule is BC(B)N(C)[C@H]1Cc2ccc(OC)cc2[C@]2(CC)CCCCC12. The van der Waals surface area contributed by atoms with Crippen molar-refractivity contribution in [2.24, 2.45) is 5.92 Å². The molecule has 1 unspecified atom stereocenters. The summed E-state index contributed by atoms with van der Waals surface area (Å²) in [5, 5.41) is 0. The van der Waals surface area contributed by atoms with Crippen LogP contribution in [0.3, 0.4) is 0 Å². The van der Waals surface area contributed by atoms with Gasteiger partial charge in [-0.2, -0.15) is 0 Å². The van der Waals surface area contributed by atoms with Crippen LogP contribution in [0.4, 0.5) is 0 Å². The number of methoxy groups -OCH3 is 1. The predicted octanol–water partition coefficient (Wildman–Crippen LogP) is 1.94. The molecular formula is C19H31B2NO. The Morgan fingerprint density at radius 3 is 2.78 bits per heavy atom. The molecule has 0 heterocycles. The lowest BCUT2D eigenvalue weighted by Gasteiger charge is -2.55. The minimum Gasteiger partial charge on any atom is -0.497 e. The summed E-state index contributed by atoms with van der Waals surface area (Å²) in [7, 11) is 8.79. The zero-order valence-corrected chi connectivity index (χ0v) is 15.6. The first-order valence-electron chi connectivity index (χ1n) is 9.42. The van der Waals surface area contributed by atoms with Crippen molar-refractivity contribution >= 4 is 15.7 Å². The van der Waals surface area contributed by atoms with E-state index >= 15 is 0 Å². The lowest BCUT2D eigenvalue weighted by Crippen LogP contribution is -2.56. The van der Waals surface area contributed by atoms with E-state index < -0.39 is 0 Å². The molecule has 0 aromatic heterocycles. The van der Waals surface area contributed by atoms with Gasteiger partial charge in [0.05, 0.1) is 7.11 Å². The normalized spacial score (nSPS) is 30.1. The average molecular weight is 311 g/mol. The predicted molar refractivity (Wildman–Crippen MR) is 103 cm³/mol. The summed E-state index contributed by atoms with van der Waals surface area (Å²) in [6.07, 6.45) is 7.94.